The van der Waals surface area contributed by atoms with Crippen molar-refractivity contribution < 1.29 is 24.2 Å². The fraction of sp³-hybridized carbons (Fsp3) is 0.152. The Morgan fingerprint density at radius 1 is 0.800 bits per heavy atom. The van der Waals surface area contributed by atoms with Gasteiger partial charge in [-0.15, -0.1) is 0 Å². The van der Waals surface area contributed by atoms with E-state index in [-0.39, 0.29) is 23.5 Å². The largest absolute Gasteiger partial charge is 0.274 e. The van der Waals surface area contributed by atoms with Crippen molar-refractivity contribution in [1.82, 2.24) is 5.43 Å². The van der Waals surface area contributed by atoms with Gasteiger partial charge in [0.05, 0.1) is 39.2 Å². The van der Waals surface area contributed by atoms with Gasteiger partial charge in [0.2, 0.25) is 17.7 Å². The van der Waals surface area contributed by atoms with E-state index in [4.69, 9.17) is 0 Å². The van der Waals surface area contributed by atoms with Gasteiger partial charge in [-0.3, -0.25) is 34.6 Å². The second-order valence-corrected chi connectivity index (χ2v) is 11.2. The molecule has 0 spiro atoms. The minimum Gasteiger partial charge on any atom is -0.274 e. The van der Waals surface area contributed by atoms with Crippen LogP contribution >= 0.6 is 0 Å². The molecular formula is C33H23N5O7. The van der Waals surface area contributed by atoms with E-state index in [9.17, 15) is 34.6 Å². The third-order valence-electron chi connectivity index (χ3n) is 8.97. The number of hydrogen-bond donors (Lipinski definition) is 1. The Kier molecular flexibility index (Phi) is 6.36. The number of imide groups is 1. The molecule has 1 aliphatic heterocycles. The van der Waals surface area contributed by atoms with Crippen LogP contribution in [-0.2, 0) is 26.2 Å². The molecule has 1 saturated heterocycles. The lowest BCUT2D eigenvalue weighted by molar-refractivity contribution is -0.385. The normalized spacial score (nSPS) is 22.6. The number of nitro groups is 2. The average Bonchev–Trinajstić information content (AvgIpc) is 3.32. The highest BCUT2D eigenvalue weighted by atomic mass is 16.6. The highest BCUT2D eigenvalue weighted by Crippen LogP contribution is 2.63. The average molecular weight is 602 g/mol. The summed E-state index contributed by atoms with van der Waals surface area (Å²) in [5.74, 6) is -3.43. The molecule has 222 valence electrons. The number of carbonyl (C=O) groups excluding carboxylic acids is 3. The fourth-order valence-electron chi connectivity index (χ4n) is 7.19. The SMILES string of the molecule is O=C(Cc1ccc([N+](=O)[O-])cc1)N/N=C\C12c3ccccc3C(c3ccccc31)[C@@H]1C(=O)N(c3ccc([N+](=O)[O-])cc3)C(=O)[C@H]12. The summed E-state index contributed by atoms with van der Waals surface area (Å²) in [7, 11) is 0. The molecule has 0 saturated carbocycles. The van der Waals surface area contributed by atoms with Gasteiger partial charge in [-0.2, -0.15) is 5.10 Å². The molecule has 1 heterocycles. The Labute approximate surface area is 255 Å². The Balaban J connectivity index is 1.29. The molecule has 45 heavy (non-hydrogen) atoms. The lowest BCUT2D eigenvalue weighted by Crippen LogP contribution is -2.54. The molecule has 12 heteroatoms. The number of amides is 3. The van der Waals surface area contributed by atoms with Gasteiger partial charge in [0, 0.05) is 36.4 Å². The maximum absolute atomic E-state index is 14.4. The quantitative estimate of drug-likeness (QED) is 0.142. The minimum absolute atomic E-state index is 0.0883. The molecule has 0 unspecified atom stereocenters. The number of nitro benzene ring substituents is 2. The number of non-ortho nitro benzene ring substituents is 2. The van der Waals surface area contributed by atoms with E-state index in [0.717, 1.165) is 27.2 Å². The Hall–Kier alpha value is -6.04. The van der Waals surface area contributed by atoms with E-state index in [1.807, 2.05) is 48.5 Å². The highest BCUT2D eigenvalue weighted by molar-refractivity contribution is 6.25. The van der Waals surface area contributed by atoms with E-state index in [0.29, 0.717) is 5.56 Å². The van der Waals surface area contributed by atoms with Crippen LogP contribution in [0.4, 0.5) is 17.1 Å². The van der Waals surface area contributed by atoms with Crippen molar-refractivity contribution >= 4 is 41.0 Å². The van der Waals surface area contributed by atoms with Crippen molar-refractivity contribution in [3.63, 3.8) is 0 Å². The second kappa shape index (κ2) is 10.3. The molecular weight excluding hydrogens is 578 g/mol. The number of nitrogens with zero attached hydrogens (tertiary/aromatic N) is 4. The first-order valence-electron chi connectivity index (χ1n) is 14.1. The molecule has 4 aromatic carbocycles. The molecule has 3 aliphatic carbocycles. The number of hydrazone groups is 1. The third kappa shape index (κ3) is 4.13. The molecule has 1 fully saturated rings. The number of anilines is 1. The van der Waals surface area contributed by atoms with E-state index in [2.05, 4.69) is 10.5 Å². The van der Waals surface area contributed by atoms with Crippen LogP contribution in [0.3, 0.4) is 0 Å². The Morgan fingerprint density at radius 2 is 1.33 bits per heavy atom. The fourth-order valence-corrected chi connectivity index (χ4v) is 7.19. The van der Waals surface area contributed by atoms with Gasteiger partial charge in [0.15, 0.2) is 0 Å². The van der Waals surface area contributed by atoms with Crippen LogP contribution in [-0.4, -0.2) is 33.8 Å². The summed E-state index contributed by atoms with van der Waals surface area (Å²) >= 11 is 0. The molecule has 1 N–H and O–H groups in total. The zero-order chi connectivity index (χ0) is 31.5. The van der Waals surface area contributed by atoms with Gasteiger partial charge in [-0.05, 0) is 39.9 Å². The topological polar surface area (TPSA) is 165 Å². The zero-order valence-electron chi connectivity index (χ0n) is 23.4. The first-order valence-corrected chi connectivity index (χ1v) is 14.1. The predicted octanol–water partition coefficient (Wildman–Crippen LogP) is 4.40. The summed E-state index contributed by atoms with van der Waals surface area (Å²) in [6, 6.07) is 26.1. The van der Waals surface area contributed by atoms with Gasteiger partial charge in [0.25, 0.3) is 11.4 Å². The minimum atomic E-state index is -1.21. The predicted molar refractivity (Wildman–Crippen MR) is 162 cm³/mol. The molecule has 8 rings (SSSR count). The summed E-state index contributed by atoms with van der Waals surface area (Å²) in [6.07, 6.45) is 1.45. The van der Waals surface area contributed by atoms with Gasteiger partial charge < -0.3 is 0 Å². The van der Waals surface area contributed by atoms with Crippen LogP contribution in [0.25, 0.3) is 0 Å². The highest BCUT2D eigenvalue weighted by Gasteiger charge is 2.68. The van der Waals surface area contributed by atoms with Crippen molar-refractivity contribution in [1.29, 1.82) is 0 Å². The third-order valence-corrected chi connectivity index (χ3v) is 8.97. The van der Waals surface area contributed by atoms with Crippen molar-refractivity contribution in [3.8, 4) is 0 Å². The van der Waals surface area contributed by atoms with Crippen LogP contribution in [0.5, 0.6) is 0 Å². The lowest BCUT2D eigenvalue weighted by atomic mass is 9.47. The van der Waals surface area contributed by atoms with E-state index < -0.39 is 50.7 Å². The monoisotopic (exact) mass is 601 g/mol. The van der Waals surface area contributed by atoms with Crippen LogP contribution < -0.4 is 10.3 Å². The maximum atomic E-state index is 14.4. The van der Waals surface area contributed by atoms with E-state index in [1.165, 1.54) is 54.7 Å². The first-order chi connectivity index (χ1) is 21.7. The zero-order valence-corrected chi connectivity index (χ0v) is 23.4. The number of nitrogens with one attached hydrogen (secondary N) is 1. The van der Waals surface area contributed by atoms with Gasteiger partial charge in [-0.25, -0.2) is 10.3 Å². The van der Waals surface area contributed by atoms with E-state index in [1.54, 1.807) is 0 Å². The first kappa shape index (κ1) is 27.8. The number of carbonyl (C=O) groups is 3. The van der Waals surface area contributed by atoms with Crippen molar-refractivity contribution in [3.05, 3.63) is 145 Å². The maximum Gasteiger partial charge on any atom is 0.269 e. The summed E-state index contributed by atoms with van der Waals surface area (Å²) in [5, 5.41) is 26.6. The summed E-state index contributed by atoms with van der Waals surface area (Å²) in [6.45, 7) is 0. The second-order valence-electron chi connectivity index (χ2n) is 11.2. The molecule has 3 amide bonds. The van der Waals surface area contributed by atoms with Crippen molar-refractivity contribution in [2.24, 2.45) is 16.9 Å². The number of rotatable bonds is 7. The number of benzene rings is 4. The van der Waals surface area contributed by atoms with Crippen molar-refractivity contribution in [2.75, 3.05) is 4.90 Å². The number of hydrogen-bond acceptors (Lipinski definition) is 8. The van der Waals surface area contributed by atoms with Gasteiger partial charge >= 0.3 is 0 Å². The van der Waals surface area contributed by atoms with Crippen LogP contribution in [0.2, 0.25) is 0 Å². The van der Waals surface area contributed by atoms with Crippen molar-refractivity contribution in [2.45, 2.75) is 17.8 Å². The van der Waals surface area contributed by atoms with Gasteiger partial charge in [-0.1, -0.05) is 60.7 Å². The molecule has 0 aromatic heterocycles. The smallest absolute Gasteiger partial charge is 0.269 e. The summed E-state index contributed by atoms with van der Waals surface area (Å²) in [5.41, 5.74) is 5.23. The Morgan fingerprint density at radius 3 is 1.89 bits per heavy atom. The molecule has 4 aliphatic rings. The van der Waals surface area contributed by atoms with Crippen LogP contribution in [0.1, 0.15) is 33.7 Å². The molecule has 4 aromatic rings. The van der Waals surface area contributed by atoms with E-state index >= 15 is 0 Å². The van der Waals surface area contributed by atoms with Gasteiger partial charge in [0.1, 0.15) is 0 Å². The summed E-state index contributed by atoms with van der Waals surface area (Å²) in [4.78, 5) is 63.7. The standard InChI is InChI=1S/C33H23N5O7/c39-27(17-19-9-11-21(12-10-19)37(42)43)35-34-18-33-25-7-3-1-5-23(25)28(24-6-2-4-8-26(24)33)29-30(33)32(41)36(31(29)40)20-13-15-22(16-14-20)38(44)45/h1-16,18,28-30H,17H2,(H,35,39)/b34-18-/t28?,29-,30-,33?/m0/s1. The van der Waals surface area contributed by atoms with Crippen LogP contribution in [0, 0.1) is 32.1 Å². The molecule has 2 bridgehead atoms. The molecule has 0 radical (unpaired) electrons. The molecule has 12 nitrogen and oxygen atoms in total. The molecule has 2 atom stereocenters. The lowest BCUT2D eigenvalue weighted by Gasteiger charge is -2.52. The summed E-state index contributed by atoms with van der Waals surface area (Å²) < 4.78 is 0. The van der Waals surface area contributed by atoms with Crippen LogP contribution in [0.15, 0.2) is 102 Å². The Bertz CT molecular complexity index is 1910.